The highest BCUT2D eigenvalue weighted by Gasteiger charge is 2.20. The molecule has 0 spiro atoms. The first-order chi connectivity index (χ1) is 13.6. The van der Waals surface area contributed by atoms with Crippen LogP contribution in [-0.4, -0.2) is 51.2 Å². The minimum absolute atomic E-state index is 0.0507. The average molecular weight is 381 g/mol. The number of nitrogens with zero attached hydrogens (tertiary/aromatic N) is 2. The molecule has 1 saturated heterocycles. The van der Waals surface area contributed by atoms with Crippen LogP contribution < -0.4 is 15.1 Å². The van der Waals surface area contributed by atoms with Crippen molar-refractivity contribution in [1.82, 2.24) is 5.32 Å². The molecule has 6 heteroatoms. The van der Waals surface area contributed by atoms with Gasteiger partial charge in [-0.1, -0.05) is 29.8 Å². The molecule has 0 atom stereocenters. The summed E-state index contributed by atoms with van der Waals surface area (Å²) in [6.45, 7) is 7.29. The first-order valence-electron chi connectivity index (χ1n) is 9.61. The second kappa shape index (κ2) is 9.37. The third-order valence-electron chi connectivity index (χ3n) is 4.84. The number of rotatable bonds is 6. The number of benzene rings is 2. The largest absolute Gasteiger partial charge is 0.378 e. The Morgan fingerprint density at radius 1 is 1.07 bits per heavy atom. The Kier molecular flexibility index (Phi) is 6.66. The van der Waals surface area contributed by atoms with Gasteiger partial charge in [-0.05, 0) is 31.2 Å². The molecule has 1 heterocycles. The van der Waals surface area contributed by atoms with Crippen LogP contribution >= 0.6 is 0 Å². The van der Waals surface area contributed by atoms with Crippen LogP contribution in [0.15, 0.2) is 48.5 Å². The summed E-state index contributed by atoms with van der Waals surface area (Å²) in [5.41, 5.74) is 3.61. The van der Waals surface area contributed by atoms with E-state index in [1.165, 1.54) is 0 Å². The molecule has 0 aromatic heterocycles. The third-order valence-corrected chi connectivity index (χ3v) is 4.84. The van der Waals surface area contributed by atoms with Crippen molar-refractivity contribution < 1.29 is 14.3 Å². The van der Waals surface area contributed by atoms with Gasteiger partial charge < -0.3 is 19.9 Å². The standard InChI is InChI=1S/C22H27N3O3/c1-17-7-9-19(10-8-17)22(27)23-11-12-25(18(2)26)21-6-4-3-5-20(21)24-13-15-28-16-14-24/h3-10H,11-16H2,1-2H3,(H,23,27). The van der Waals surface area contributed by atoms with Gasteiger partial charge in [0.25, 0.3) is 5.91 Å². The van der Waals surface area contributed by atoms with E-state index in [1.807, 2.05) is 43.3 Å². The first kappa shape index (κ1) is 19.9. The van der Waals surface area contributed by atoms with Crippen molar-refractivity contribution in [2.75, 3.05) is 49.2 Å². The summed E-state index contributed by atoms with van der Waals surface area (Å²) >= 11 is 0. The number of hydrogen-bond acceptors (Lipinski definition) is 4. The van der Waals surface area contributed by atoms with Crippen molar-refractivity contribution in [3.05, 3.63) is 59.7 Å². The molecule has 1 aliphatic heterocycles. The van der Waals surface area contributed by atoms with Crippen molar-refractivity contribution in [3.63, 3.8) is 0 Å². The minimum atomic E-state index is -0.134. The van der Waals surface area contributed by atoms with Crippen LogP contribution in [0, 0.1) is 6.92 Å². The molecule has 0 aliphatic carbocycles. The lowest BCUT2D eigenvalue weighted by Gasteiger charge is -2.33. The minimum Gasteiger partial charge on any atom is -0.378 e. The molecule has 3 rings (SSSR count). The summed E-state index contributed by atoms with van der Waals surface area (Å²) in [4.78, 5) is 28.6. The molecule has 0 radical (unpaired) electrons. The van der Waals surface area contributed by atoms with E-state index in [4.69, 9.17) is 4.74 Å². The zero-order chi connectivity index (χ0) is 19.9. The van der Waals surface area contributed by atoms with Gasteiger partial charge in [0.05, 0.1) is 24.6 Å². The maximum absolute atomic E-state index is 12.3. The van der Waals surface area contributed by atoms with Gasteiger partial charge in [0, 0.05) is 38.7 Å². The monoisotopic (exact) mass is 381 g/mol. The summed E-state index contributed by atoms with van der Waals surface area (Å²) in [6.07, 6.45) is 0. The van der Waals surface area contributed by atoms with Crippen LogP contribution in [0.4, 0.5) is 11.4 Å². The van der Waals surface area contributed by atoms with Gasteiger partial charge in [-0.25, -0.2) is 0 Å². The van der Waals surface area contributed by atoms with E-state index in [-0.39, 0.29) is 11.8 Å². The van der Waals surface area contributed by atoms with Gasteiger partial charge in [-0.15, -0.1) is 0 Å². The highest BCUT2D eigenvalue weighted by Crippen LogP contribution is 2.29. The van der Waals surface area contributed by atoms with Crippen molar-refractivity contribution in [2.45, 2.75) is 13.8 Å². The van der Waals surface area contributed by atoms with Gasteiger partial charge in [0.1, 0.15) is 0 Å². The van der Waals surface area contributed by atoms with Gasteiger partial charge in [0.2, 0.25) is 5.91 Å². The Labute approximate surface area is 166 Å². The van der Waals surface area contributed by atoms with E-state index >= 15 is 0 Å². The maximum Gasteiger partial charge on any atom is 0.251 e. The van der Waals surface area contributed by atoms with Crippen LogP contribution in [0.5, 0.6) is 0 Å². The zero-order valence-corrected chi connectivity index (χ0v) is 16.5. The van der Waals surface area contributed by atoms with E-state index in [0.717, 1.165) is 30.0 Å². The van der Waals surface area contributed by atoms with Crippen LogP contribution in [0.25, 0.3) is 0 Å². The van der Waals surface area contributed by atoms with Crippen molar-refractivity contribution in [1.29, 1.82) is 0 Å². The summed E-state index contributed by atoms with van der Waals surface area (Å²) in [5, 5.41) is 2.91. The predicted octanol–water partition coefficient (Wildman–Crippen LogP) is 2.61. The number of para-hydroxylation sites is 2. The van der Waals surface area contributed by atoms with Gasteiger partial charge in [-0.3, -0.25) is 9.59 Å². The number of anilines is 2. The van der Waals surface area contributed by atoms with Crippen LogP contribution in [0.3, 0.4) is 0 Å². The zero-order valence-electron chi connectivity index (χ0n) is 16.5. The number of ether oxygens (including phenoxy) is 1. The smallest absolute Gasteiger partial charge is 0.251 e. The normalized spacial score (nSPS) is 13.9. The lowest BCUT2D eigenvalue weighted by atomic mass is 10.1. The lowest BCUT2D eigenvalue weighted by molar-refractivity contribution is -0.116. The highest BCUT2D eigenvalue weighted by atomic mass is 16.5. The fourth-order valence-corrected chi connectivity index (χ4v) is 3.30. The van der Waals surface area contributed by atoms with Gasteiger partial charge in [-0.2, -0.15) is 0 Å². The number of nitrogens with one attached hydrogen (secondary N) is 1. The molecule has 2 aromatic rings. The molecule has 28 heavy (non-hydrogen) atoms. The van der Waals surface area contributed by atoms with Crippen LogP contribution in [0.1, 0.15) is 22.8 Å². The molecule has 2 amide bonds. The second-order valence-corrected chi connectivity index (χ2v) is 6.88. The SMILES string of the molecule is CC(=O)N(CCNC(=O)c1ccc(C)cc1)c1ccccc1N1CCOCC1. The van der Waals surface area contributed by atoms with E-state index < -0.39 is 0 Å². The topological polar surface area (TPSA) is 61.9 Å². The first-order valence-corrected chi connectivity index (χ1v) is 9.61. The highest BCUT2D eigenvalue weighted by molar-refractivity contribution is 5.96. The Morgan fingerprint density at radius 2 is 1.75 bits per heavy atom. The number of amides is 2. The summed E-state index contributed by atoms with van der Waals surface area (Å²) in [5.74, 6) is -0.185. The maximum atomic E-state index is 12.3. The molecule has 0 unspecified atom stereocenters. The Balaban J connectivity index is 1.68. The molecule has 1 aliphatic rings. The number of hydrogen-bond donors (Lipinski definition) is 1. The number of aryl methyl sites for hydroxylation is 1. The van der Waals surface area contributed by atoms with Crippen molar-refractivity contribution >= 4 is 23.2 Å². The molecule has 148 valence electrons. The molecule has 6 nitrogen and oxygen atoms in total. The van der Waals surface area contributed by atoms with Crippen LogP contribution in [0.2, 0.25) is 0 Å². The Bertz CT molecular complexity index is 814. The summed E-state index contributed by atoms with van der Waals surface area (Å²) in [7, 11) is 0. The number of morpholine rings is 1. The predicted molar refractivity (Wildman–Crippen MR) is 111 cm³/mol. The fraction of sp³-hybridized carbons (Fsp3) is 0.364. The number of carbonyl (C=O) groups is 2. The van der Waals surface area contributed by atoms with Crippen LogP contribution in [-0.2, 0) is 9.53 Å². The molecular formula is C22H27N3O3. The van der Waals surface area contributed by atoms with Crippen molar-refractivity contribution in [2.24, 2.45) is 0 Å². The van der Waals surface area contributed by atoms with E-state index in [9.17, 15) is 9.59 Å². The van der Waals surface area contributed by atoms with E-state index in [0.29, 0.717) is 31.9 Å². The second-order valence-electron chi connectivity index (χ2n) is 6.88. The van der Waals surface area contributed by atoms with Gasteiger partial charge >= 0.3 is 0 Å². The molecule has 2 aromatic carbocycles. The molecule has 0 bridgehead atoms. The Hall–Kier alpha value is -2.86. The third kappa shape index (κ3) is 4.89. The Morgan fingerprint density at radius 3 is 2.43 bits per heavy atom. The molecule has 0 saturated carbocycles. The van der Waals surface area contributed by atoms with E-state index in [1.54, 1.807) is 24.0 Å². The van der Waals surface area contributed by atoms with E-state index in [2.05, 4.69) is 10.2 Å². The average Bonchev–Trinajstić information content (AvgIpc) is 2.72. The van der Waals surface area contributed by atoms with Crippen molar-refractivity contribution in [3.8, 4) is 0 Å². The molecular weight excluding hydrogens is 354 g/mol. The molecule has 1 N–H and O–H groups in total. The fourth-order valence-electron chi connectivity index (χ4n) is 3.30. The lowest BCUT2D eigenvalue weighted by Crippen LogP contribution is -2.40. The van der Waals surface area contributed by atoms with Gasteiger partial charge in [0.15, 0.2) is 0 Å². The summed E-state index contributed by atoms with van der Waals surface area (Å²) in [6, 6.07) is 15.3. The summed E-state index contributed by atoms with van der Waals surface area (Å²) < 4.78 is 5.44. The number of carbonyl (C=O) groups excluding carboxylic acids is 2. The quantitative estimate of drug-likeness (QED) is 0.836. The molecule has 1 fully saturated rings.